The van der Waals surface area contributed by atoms with E-state index >= 15 is 0 Å². The van der Waals surface area contributed by atoms with Crippen LogP contribution in [0.2, 0.25) is 0 Å². The van der Waals surface area contributed by atoms with Crippen LogP contribution in [0.5, 0.6) is 0 Å². The molecule has 5 nitrogen and oxygen atoms in total. The summed E-state index contributed by atoms with van der Waals surface area (Å²) in [6, 6.07) is 0. The first-order valence-electron chi connectivity index (χ1n) is 7.17. The molecule has 3 rings (SSSR count). The molecule has 0 radical (unpaired) electrons. The average Bonchev–Trinajstić information content (AvgIpc) is 2.81. The quantitative estimate of drug-likeness (QED) is 0.788. The van der Waals surface area contributed by atoms with Gasteiger partial charge in [0.2, 0.25) is 0 Å². The maximum atomic E-state index is 5.72. The van der Waals surface area contributed by atoms with Crippen LogP contribution in [-0.4, -0.2) is 65.0 Å². The fourth-order valence-electron chi connectivity index (χ4n) is 3.28. The van der Waals surface area contributed by atoms with Gasteiger partial charge in [-0.2, -0.15) is 5.10 Å². The van der Waals surface area contributed by atoms with Crippen molar-refractivity contribution in [2.75, 3.05) is 39.9 Å². The van der Waals surface area contributed by atoms with Crippen molar-refractivity contribution in [2.24, 2.45) is 7.05 Å². The number of hydrogen-bond acceptors (Lipinski definition) is 4. The molecule has 2 aliphatic rings. The second-order valence-electron chi connectivity index (χ2n) is 6.00. The zero-order valence-electron chi connectivity index (χ0n) is 12.0. The normalized spacial score (nSPS) is 24.9. The van der Waals surface area contributed by atoms with Gasteiger partial charge in [0.05, 0.1) is 19.4 Å². The molecule has 19 heavy (non-hydrogen) atoms. The summed E-state index contributed by atoms with van der Waals surface area (Å²) >= 11 is 0. The van der Waals surface area contributed by atoms with Gasteiger partial charge in [-0.25, -0.2) is 0 Å². The topological polar surface area (TPSA) is 33.5 Å². The van der Waals surface area contributed by atoms with Crippen molar-refractivity contribution in [3.63, 3.8) is 0 Å². The molecule has 0 aromatic carbocycles. The Morgan fingerprint density at radius 3 is 2.68 bits per heavy atom. The second kappa shape index (κ2) is 5.23. The van der Waals surface area contributed by atoms with Crippen LogP contribution in [0.25, 0.3) is 0 Å². The van der Waals surface area contributed by atoms with Crippen LogP contribution >= 0.6 is 0 Å². The third kappa shape index (κ3) is 2.68. The highest BCUT2D eigenvalue weighted by atomic mass is 16.5. The lowest BCUT2D eigenvalue weighted by molar-refractivity contribution is -0.0836. The number of ether oxygens (including phenoxy) is 1. The van der Waals surface area contributed by atoms with Gasteiger partial charge in [0, 0.05) is 50.5 Å². The van der Waals surface area contributed by atoms with E-state index < -0.39 is 0 Å². The van der Waals surface area contributed by atoms with Crippen LogP contribution in [0.3, 0.4) is 0 Å². The van der Waals surface area contributed by atoms with Crippen LogP contribution in [0.1, 0.15) is 18.4 Å². The number of piperidine rings is 1. The molecule has 0 amide bonds. The molecule has 1 aromatic rings. The molecule has 0 unspecified atom stereocenters. The Hall–Kier alpha value is -0.910. The molecule has 5 heteroatoms. The highest BCUT2D eigenvalue weighted by Crippen LogP contribution is 2.30. The zero-order valence-corrected chi connectivity index (χ0v) is 12.0. The van der Waals surface area contributed by atoms with E-state index in [-0.39, 0.29) is 0 Å². The third-order valence-corrected chi connectivity index (χ3v) is 4.70. The molecule has 0 bridgehead atoms. The minimum absolute atomic E-state index is 0.295. The lowest BCUT2D eigenvalue weighted by Gasteiger charge is -2.49. The average molecular weight is 264 g/mol. The molecule has 2 saturated heterocycles. The molecule has 0 atom stereocenters. The Labute approximate surface area is 115 Å². The predicted octanol–water partition coefficient (Wildman–Crippen LogP) is 0.717. The van der Waals surface area contributed by atoms with E-state index in [4.69, 9.17) is 4.74 Å². The number of rotatable bonds is 2. The highest BCUT2D eigenvalue weighted by molar-refractivity contribution is 5.04. The van der Waals surface area contributed by atoms with Gasteiger partial charge < -0.3 is 4.74 Å². The maximum Gasteiger partial charge on any atom is 0.0651 e. The van der Waals surface area contributed by atoms with E-state index in [1.165, 1.54) is 18.4 Å². The van der Waals surface area contributed by atoms with Crippen LogP contribution < -0.4 is 0 Å². The molecule has 106 valence electrons. The van der Waals surface area contributed by atoms with Gasteiger partial charge in [0.15, 0.2) is 0 Å². The molecule has 0 N–H and O–H groups in total. The molecule has 2 fully saturated rings. The van der Waals surface area contributed by atoms with Crippen LogP contribution in [-0.2, 0) is 18.3 Å². The number of aromatic nitrogens is 2. The van der Waals surface area contributed by atoms with Gasteiger partial charge in [-0.3, -0.25) is 14.5 Å². The molecule has 1 spiro atoms. The van der Waals surface area contributed by atoms with Crippen LogP contribution in [0.4, 0.5) is 0 Å². The minimum Gasteiger partial charge on any atom is -0.378 e. The van der Waals surface area contributed by atoms with Gasteiger partial charge in [-0.05, 0) is 19.9 Å². The summed E-state index contributed by atoms with van der Waals surface area (Å²) in [5.41, 5.74) is 1.61. The molecular weight excluding hydrogens is 240 g/mol. The third-order valence-electron chi connectivity index (χ3n) is 4.70. The predicted molar refractivity (Wildman–Crippen MR) is 73.9 cm³/mol. The van der Waals surface area contributed by atoms with E-state index in [2.05, 4.69) is 28.1 Å². The van der Waals surface area contributed by atoms with Crippen LogP contribution in [0.15, 0.2) is 12.4 Å². The Morgan fingerprint density at radius 1 is 1.26 bits per heavy atom. The molecular formula is C14H24N4O. The van der Waals surface area contributed by atoms with Crippen LogP contribution in [0, 0.1) is 0 Å². The van der Waals surface area contributed by atoms with Gasteiger partial charge in [0.25, 0.3) is 0 Å². The summed E-state index contributed by atoms with van der Waals surface area (Å²) in [4.78, 5) is 5.04. The number of aryl methyl sites for hydroxylation is 1. The van der Waals surface area contributed by atoms with Crippen molar-refractivity contribution in [1.29, 1.82) is 0 Å². The standard InChI is InChI=1S/C14H24N4O/c1-16-7-8-19-12-14(16)3-5-18(6-4-14)11-13-9-15-17(2)10-13/h9-10H,3-8,11-12H2,1-2H3. The SMILES string of the molecule is CN1CCOCC12CCN(Cc1cnn(C)c1)CC2. The first kappa shape index (κ1) is 13.1. The molecule has 0 saturated carbocycles. The van der Waals surface area contributed by atoms with Crippen molar-refractivity contribution < 1.29 is 4.74 Å². The summed E-state index contributed by atoms with van der Waals surface area (Å²) in [5, 5.41) is 4.24. The molecule has 1 aromatic heterocycles. The minimum atomic E-state index is 0.295. The largest absolute Gasteiger partial charge is 0.378 e. The van der Waals surface area contributed by atoms with Crippen molar-refractivity contribution in [1.82, 2.24) is 19.6 Å². The van der Waals surface area contributed by atoms with E-state index in [0.717, 1.165) is 39.4 Å². The number of hydrogen-bond donors (Lipinski definition) is 0. The smallest absolute Gasteiger partial charge is 0.0651 e. The summed E-state index contributed by atoms with van der Waals surface area (Å²) in [6.07, 6.45) is 6.51. The Morgan fingerprint density at radius 2 is 2.05 bits per heavy atom. The summed E-state index contributed by atoms with van der Waals surface area (Å²) in [7, 11) is 4.22. The van der Waals surface area contributed by atoms with Crippen molar-refractivity contribution in [3.8, 4) is 0 Å². The van der Waals surface area contributed by atoms with E-state index in [9.17, 15) is 0 Å². The summed E-state index contributed by atoms with van der Waals surface area (Å²) < 4.78 is 7.60. The number of morpholine rings is 1. The first-order chi connectivity index (χ1) is 9.18. The van der Waals surface area contributed by atoms with Gasteiger partial charge in [-0.1, -0.05) is 0 Å². The van der Waals surface area contributed by atoms with Gasteiger partial charge in [-0.15, -0.1) is 0 Å². The second-order valence-corrected chi connectivity index (χ2v) is 6.00. The summed E-state index contributed by atoms with van der Waals surface area (Å²) in [5.74, 6) is 0. The Bertz CT molecular complexity index is 423. The number of likely N-dealkylation sites (N-methyl/N-ethyl adjacent to an activating group) is 1. The fourth-order valence-corrected chi connectivity index (χ4v) is 3.28. The zero-order chi connectivity index (χ0) is 13.3. The number of nitrogens with zero attached hydrogens (tertiary/aromatic N) is 4. The number of likely N-dealkylation sites (tertiary alicyclic amines) is 1. The molecule has 2 aliphatic heterocycles. The van der Waals surface area contributed by atoms with Crippen molar-refractivity contribution in [3.05, 3.63) is 18.0 Å². The van der Waals surface area contributed by atoms with E-state index in [1.54, 1.807) is 0 Å². The van der Waals surface area contributed by atoms with Gasteiger partial charge >= 0.3 is 0 Å². The van der Waals surface area contributed by atoms with Crippen molar-refractivity contribution >= 4 is 0 Å². The highest BCUT2D eigenvalue weighted by Gasteiger charge is 2.40. The Balaban J connectivity index is 1.57. The van der Waals surface area contributed by atoms with Crippen molar-refractivity contribution in [2.45, 2.75) is 24.9 Å². The van der Waals surface area contributed by atoms with E-state index in [0.29, 0.717) is 5.54 Å². The lowest BCUT2D eigenvalue weighted by atomic mass is 9.85. The van der Waals surface area contributed by atoms with E-state index in [1.807, 2.05) is 17.9 Å². The first-order valence-corrected chi connectivity index (χ1v) is 7.17. The lowest BCUT2D eigenvalue weighted by Crippen LogP contribution is -2.59. The molecule has 0 aliphatic carbocycles. The van der Waals surface area contributed by atoms with Gasteiger partial charge in [0.1, 0.15) is 0 Å². The maximum absolute atomic E-state index is 5.72. The fraction of sp³-hybridized carbons (Fsp3) is 0.786. The summed E-state index contributed by atoms with van der Waals surface area (Å²) in [6.45, 7) is 6.20. The monoisotopic (exact) mass is 264 g/mol. The molecule has 3 heterocycles. The Kier molecular flexibility index (Phi) is 3.60.